The second-order valence-electron chi connectivity index (χ2n) is 6.77. The van der Waals surface area contributed by atoms with E-state index < -0.39 is 0 Å². The Morgan fingerprint density at radius 3 is 2.52 bits per heavy atom. The molecule has 0 aliphatic carbocycles. The van der Waals surface area contributed by atoms with Gasteiger partial charge in [0.25, 0.3) is 5.91 Å². The monoisotopic (exact) mass is 354 g/mol. The highest BCUT2D eigenvalue weighted by molar-refractivity contribution is 7.12. The molecule has 1 amide bonds. The lowest BCUT2D eigenvalue weighted by atomic mass is 10.0. The molecular weight excluding hydrogens is 328 g/mol. The van der Waals surface area contributed by atoms with Gasteiger partial charge >= 0.3 is 0 Å². The van der Waals surface area contributed by atoms with Gasteiger partial charge in [0.1, 0.15) is 0 Å². The summed E-state index contributed by atoms with van der Waals surface area (Å²) in [5.74, 6) is 0.604. The number of hydrogen-bond acceptors (Lipinski definition) is 3. The minimum atomic E-state index is 0.207. The van der Waals surface area contributed by atoms with Crippen molar-refractivity contribution in [2.45, 2.75) is 19.8 Å². The van der Waals surface area contributed by atoms with Gasteiger partial charge in [-0.25, -0.2) is 0 Å². The van der Waals surface area contributed by atoms with E-state index in [0.717, 1.165) is 37.6 Å². The van der Waals surface area contributed by atoms with Crippen molar-refractivity contribution in [3.8, 4) is 0 Å². The fourth-order valence-corrected chi connectivity index (χ4v) is 4.15. The predicted molar refractivity (Wildman–Crippen MR) is 106 cm³/mol. The van der Waals surface area contributed by atoms with Crippen molar-refractivity contribution in [2.24, 2.45) is 0 Å². The Balaban J connectivity index is 1.51. The van der Waals surface area contributed by atoms with Gasteiger partial charge in [-0.15, -0.1) is 11.3 Å². The molecule has 25 heavy (non-hydrogen) atoms. The van der Waals surface area contributed by atoms with Crippen LogP contribution in [0, 0.1) is 0 Å². The van der Waals surface area contributed by atoms with Crippen molar-refractivity contribution < 1.29 is 4.79 Å². The maximum absolute atomic E-state index is 12.8. The van der Waals surface area contributed by atoms with Crippen LogP contribution in [0.1, 0.15) is 40.6 Å². The summed E-state index contributed by atoms with van der Waals surface area (Å²) in [5, 5.41) is 2.03. The van der Waals surface area contributed by atoms with Gasteiger partial charge in [0.05, 0.1) is 4.88 Å². The standard InChI is InChI=1S/C21H26N2OS/c1-17(2)19-10-16-25-20(19)21(24)23-14-12-22(13-15-23)11-6-9-18-7-4-3-5-8-18/h3-10,16-17H,11-15H2,1-2H3. The molecule has 1 fully saturated rings. The molecule has 1 aliphatic rings. The highest BCUT2D eigenvalue weighted by Gasteiger charge is 2.24. The number of benzene rings is 1. The number of nitrogens with zero attached hydrogens (tertiary/aromatic N) is 2. The van der Waals surface area contributed by atoms with Crippen LogP contribution in [0.15, 0.2) is 47.9 Å². The first-order valence-electron chi connectivity index (χ1n) is 8.96. The zero-order valence-corrected chi connectivity index (χ0v) is 15.8. The Morgan fingerprint density at radius 1 is 1.12 bits per heavy atom. The molecule has 0 atom stereocenters. The van der Waals surface area contributed by atoms with Crippen molar-refractivity contribution in [3.05, 3.63) is 63.9 Å². The number of carbonyl (C=O) groups excluding carboxylic acids is 1. The molecule has 0 spiro atoms. The third-order valence-corrected chi connectivity index (χ3v) is 5.56. The average Bonchev–Trinajstić information content (AvgIpc) is 3.13. The van der Waals surface area contributed by atoms with Crippen LogP contribution in [0.4, 0.5) is 0 Å². The summed E-state index contributed by atoms with van der Waals surface area (Å²) in [5.41, 5.74) is 2.42. The van der Waals surface area contributed by atoms with E-state index in [1.54, 1.807) is 11.3 Å². The Bertz CT molecular complexity index is 713. The zero-order chi connectivity index (χ0) is 17.6. The van der Waals surface area contributed by atoms with Crippen LogP contribution in [0.5, 0.6) is 0 Å². The number of thiophene rings is 1. The molecule has 0 bridgehead atoms. The first-order chi connectivity index (χ1) is 12.1. The van der Waals surface area contributed by atoms with Crippen molar-refractivity contribution in [1.29, 1.82) is 0 Å². The van der Waals surface area contributed by atoms with E-state index in [0.29, 0.717) is 5.92 Å². The van der Waals surface area contributed by atoms with E-state index in [-0.39, 0.29) is 5.91 Å². The average molecular weight is 355 g/mol. The molecule has 2 heterocycles. The Kier molecular flexibility index (Phi) is 6.05. The lowest BCUT2D eigenvalue weighted by Crippen LogP contribution is -2.48. The summed E-state index contributed by atoms with van der Waals surface area (Å²) >= 11 is 1.58. The van der Waals surface area contributed by atoms with Crippen molar-refractivity contribution in [3.63, 3.8) is 0 Å². The molecule has 1 aliphatic heterocycles. The van der Waals surface area contributed by atoms with Gasteiger partial charge in [-0.3, -0.25) is 9.69 Å². The number of piperazine rings is 1. The lowest BCUT2D eigenvalue weighted by molar-refractivity contribution is 0.0654. The topological polar surface area (TPSA) is 23.6 Å². The first-order valence-corrected chi connectivity index (χ1v) is 9.83. The van der Waals surface area contributed by atoms with Crippen molar-refractivity contribution in [1.82, 2.24) is 9.80 Å². The summed E-state index contributed by atoms with van der Waals surface area (Å²) in [6.07, 6.45) is 4.38. The van der Waals surface area contributed by atoms with E-state index >= 15 is 0 Å². The quantitative estimate of drug-likeness (QED) is 0.797. The fourth-order valence-electron chi connectivity index (χ4n) is 3.13. The Morgan fingerprint density at radius 2 is 1.84 bits per heavy atom. The molecule has 1 aromatic heterocycles. The fraction of sp³-hybridized carbons (Fsp3) is 0.381. The summed E-state index contributed by atoms with van der Waals surface area (Å²) in [6, 6.07) is 12.5. The van der Waals surface area contributed by atoms with Crippen LogP contribution in [-0.4, -0.2) is 48.4 Å². The third kappa shape index (κ3) is 4.59. The highest BCUT2D eigenvalue weighted by atomic mass is 32.1. The van der Waals surface area contributed by atoms with Crippen LogP contribution in [-0.2, 0) is 0 Å². The molecule has 0 radical (unpaired) electrons. The minimum absolute atomic E-state index is 0.207. The normalized spacial score (nSPS) is 16.0. The maximum Gasteiger partial charge on any atom is 0.264 e. The van der Waals surface area contributed by atoms with Gasteiger partial charge in [-0.1, -0.05) is 56.3 Å². The van der Waals surface area contributed by atoms with Gasteiger partial charge in [0.15, 0.2) is 0 Å². The summed E-state index contributed by atoms with van der Waals surface area (Å²) in [6.45, 7) is 8.74. The largest absolute Gasteiger partial charge is 0.335 e. The summed E-state index contributed by atoms with van der Waals surface area (Å²) in [7, 11) is 0. The second kappa shape index (κ2) is 8.45. The van der Waals surface area contributed by atoms with Crippen LogP contribution in [0.25, 0.3) is 6.08 Å². The molecule has 0 unspecified atom stereocenters. The van der Waals surface area contributed by atoms with Crippen LogP contribution < -0.4 is 0 Å². The number of rotatable bonds is 5. The molecule has 0 saturated carbocycles. The maximum atomic E-state index is 12.8. The summed E-state index contributed by atoms with van der Waals surface area (Å²) in [4.78, 5) is 18.1. The van der Waals surface area contributed by atoms with Gasteiger partial charge in [0, 0.05) is 32.7 Å². The van der Waals surface area contributed by atoms with Crippen molar-refractivity contribution in [2.75, 3.05) is 32.7 Å². The van der Waals surface area contributed by atoms with Gasteiger partial charge in [-0.2, -0.15) is 0 Å². The van der Waals surface area contributed by atoms with Gasteiger partial charge in [0.2, 0.25) is 0 Å². The zero-order valence-electron chi connectivity index (χ0n) is 15.0. The Hall–Kier alpha value is -1.91. The molecule has 1 aromatic carbocycles. The van der Waals surface area contributed by atoms with E-state index in [4.69, 9.17) is 0 Å². The Labute approximate surface area is 154 Å². The molecular formula is C21H26N2OS. The van der Waals surface area contributed by atoms with Gasteiger partial charge in [-0.05, 0) is 28.5 Å². The molecule has 3 nitrogen and oxygen atoms in total. The molecule has 2 aromatic rings. The van der Waals surface area contributed by atoms with E-state index in [1.807, 2.05) is 16.3 Å². The SMILES string of the molecule is CC(C)c1ccsc1C(=O)N1CCN(CC=Cc2ccccc2)CC1. The number of hydrogen-bond donors (Lipinski definition) is 0. The predicted octanol–water partition coefficient (Wildman–Crippen LogP) is 4.34. The van der Waals surface area contributed by atoms with E-state index in [9.17, 15) is 4.79 Å². The van der Waals surface area contributed by atoms with E-state index in [1.165, 1.54) is 11.1 Å². The first kappa shape index (κ1) is 17.9. The minimum Gasteiger partial charge on any atom is -0.335 e. The summed E-state index contributed by atoms with van der Waals surface area (Å²) < 4.78 is 0. The van der Waals surface area contributed by atoms with Gasteiger partial charge < -0.3 is 4.90 Å². The number of carbonyl (C=O) groups is 1. The highest BCUT2D eigenvalue weighted by Crippen LogP contribution is 2.26. The smallest absolute Gasteiger partial charge is 0.264 e. The van der Waals surface area contributed by atoms with E-state index in [2.05, 4.69) is 61.2 Å². The van der Waals surface area contributed by atoms with Crippen molar-refractivity contribution >= 4 is 23.3 Å². The van der Waals surface area contributed by atoms with Crippen LogP contribution in [0.3, 0.4) is 0 Å². The third-order valence-electron chi connectivity index (χ3n) is 4.64. The molecule has 1 saturated heterocycles. The molecule has 132 valence electrons. The number of amides is 1. The second-order valence-corrected chi connectivity index (χ2v) is 7.68. The van der Waals surface area contributed by atoms with Crippen LogP contribution >= 0.6 is 11.3 Å². The lowest BCUT2D eigenvalue weighted by Gasteiger charge is -2.34. The molecule has 4 heteroatoms. The molecule has 3 rings (SSSR count). The molecule has 0 N–H and O–H groups in total. The van der Waals surface area contributed by atoms with Crippen LogP contribution in [0.2, 0.25) is 0 Å².